The molecule has 0 radical (unpaired) electrons. The molecule has 0 saturated carbocycles. The van der Waals surface area contributed by atoms with Crippen molar-refractivity contribution < 1.29 is 0 Å². The number of aromatic nitrogens is 7. The van der Waals surface area contributed by atoms with Crippen LogP contribution < -0.4 is 11.1 Å². The lowest BCUT2D eigenvalue weighted by atomic mass is 10.0. The number of nitrogens with two attached hydrogens (primary N) is 1. The van der Waals surface area contributed by atoms with Crippen molar-refractivity contribution in [3.05, 3.63) is 65.5 Å². The summed E-state index contributed by atoms with van der Waals surface area (Å²) in [6.07, 6.45) is 0. The van der Waals surface area contributed by atoms with E-state index < -0.39 is 0 Å². The Hall–Kier alpha value is -3.53. The molecule has 2 aromatic heterocycles. The summed E-state index contributed by atoms with van der Waals surface area (Å²) in [4.78, 5) is 12.9. The monoisotopic (exact) mass is 433 g/mol. The first-order valence-electron chi connectivity index (χ1n) is 9.83. The van der Waals surface area contributed by atoms with Crippen molar-refractivity contribution in [2.75, 3.05) is 11.1 Å². The first kappa shape index (κ1) is 20.7. The van der Waals surface area contributed by atoms with Gasteiger partial charge in [0.25, 0.3) is 0 Å². The van der Waals surface area contributed by atoms with E-state index in [0.29, 0.717) is 28.6 Å². The molecule has 0 spiro atoms. The Morgan fingerprint density at radius 2 is 1.74 bits per heavy atom. The Balaban J connectivity index is 1.48. The number of aryl methyl sites for hydroxylation is 1. The SMILES string of the molecule is Cc1ccc(Nc2nc(N)nc(CSc3nnnn3-c3ccc(C(C)C)cc3)n2)cc1. The van der Waals surface area contributed by atoms with Gasteiger partial charge in [-0.05, 0) is 53.1 Å². The highest BCUT2D eigenvalue weighted by Gasteiger charge is 2.12. The van der Waals surface area contributed by atoms with Crippen molar-refractivity contribution in [3.63, 3.8) is 0 Å². The summed E-state index contributed by atoms with van der Waals surface area (Å²) >= 11 is 1.43. The van der Waals surface area contributed by atoms with Gasteiger partial charge in [-0.15, -0.1) is 5.10 Å². The number of hydrogen-bond donors (Lipinski definition) is 2. The zero-order valence-electron chi connectivity index (χ0n) is 17.5. The van der Waals surface area contributed by atoms with Gasteiger partial charge < -0.3 is 11.1 Å². The molecule has 9 nitrogen and oxygen atoms in total. The standard InChI is InChI=1S/C21H23N9S/c1-13(2)15-6-10-17(11-7-15)30-21(27-28-29-30)31-12-18-24-19(22)26-20(25-18)23-16-8-4-14(3)5-9-16/h4-11,13H,12H2,1-3H3,(H3,22,23,24,25,26). The fourth-order valence-corrected chi connectivity index (χ4v) is 3.63. The van der Waals surface area contributed by atoms with Crippen LogP contribution in [0.5, 0.6) is 0 Å². The maximum atomic E-state index is 5.89. The van der Waals surface area contributed by atoms with Crippen LogP contribution in [0.15, 0.2) is 53.7 Å². The third-order valence-electron chi connectivity index (χ3n) is 4.58. The Kier molecular flexibility index (Phi) is 6.08. The lowest BCUT2D eigenvalue weighted by Gasteiger charge is -2.09. The first-order chi connectivity index (χ1) is 15.0. The lowest BCUT2D eigenvalue weighted by Crippen LogP contribution is -2.07. The van der Waals surface area contributed by atoms with Crippen LogP contribution >= 0.6 is 11.8 Å². The highest BCUT2D eigenvalue weighted by Crippen LogP contribution is 2.23. The third kappa shape index (κ3) is 5.15. The zero-order valence-corrected chi connectivity index (χ0v) is 18.3. The van der Waals surface area contributed by atoms with E-state index in [1.165, 1.54) is 22.9 Å². The van der Waals surface area contributed by atoms with Gasteiger partial charge in [0.1, 0.15) is 5.82 Å². The van der Waals surface area contributed by atoms with Crippen molar-refractivity contribution in [1.29, 1.82) is 0 Å². The minimum atomic E-state index is 0.157. The van der Waals surface area contributed by atoms with Crippen molar-refractivity contribution in [1.82, 2.24) is 35.2 Å². The Labute approximate surface area is 184 Å². The summed E-state index contributed by atoms with van der Waals surface area (Å²) in [7, 11) is 0. The van der Waals surface area contributed by atoms with E-state index in [9.17, 15) is 0 Å². The van der Waals surface area contributed by atoms with Crippen LogP contribution in [0, 0.1) is 6.92 Å². The summed E-state index contributed by atoms with van der Waals surface area (Å²) in [6.45, 7) is 6.36. The van der Waals surface area contributed by atoms with Gasteiger partial charge in [0.15, 0.2) is 0 Å². The second-order valence-corrected chi connectivity index (χ2v) is 8.28. The Morgan fingerprint density at radius 3 is 2.45 bits per heavy atom. The second-order valence-electron chi connectivity index (χ2n) is 7.33. The molecule has 0 aliphatic carbocycles. The van der Waals surface area contributed by atoms with Crippen LogP contribution in [0.3, 0.4) is 0 Å². The predicted octanol–water partition coefficient (Wildman–Crippen LogP) is 3.90. The minimum absolute atomic E-state index is 0.157. The number of nitrogens with zero attached hydrogens (tertiary/aromatic N) is 7. The smallest absolute Gasteiger partial charge is 0.232 e. The maximum Gasteiger partial charge on any atom is 0.232 e. The molecule has 4 rings (SSSR count). The Bertz CT molecular complexity index is 1150. The van der Waals surface area contributed by atoms with Crippen LogP contribution in [0.4, 0.5) is 17.6 Å². The van der Waals surface area contributed by atoms with Crippen LogP contribution in [-0.2, 0) is 5.75 Å². The van der Waals surface area contributed by atoms with Crippen molar-refractivity contribution >= 4 is 29.3 Å². The molecule has 2 heterocycles. The molecule has 0 atom stereocenters. The van der Waals surface area contributed by atoms with Gasteiger partial charge in [-0.25, -0.2) is 0 Å². The van der Waals surface area contributed by atoms with Gasteiger partial charge in [-0.2, -0.15) is 19.6 Å². The van der Waals surface area contributed by atoms with Crippen molar-refractivity contribution in [3.8, 4) is 5.69 Å². The summed E-state index contributed by atoms with van der Waals surface area (Å²) in [5, 5.41) is 15.9. The molecular formula is C21H23N9S. The largest absolute Gasteiger partial charge is 0.368 e. The van der Waals surface area contributed by atoms with E-state index in [4.69, 9.17) is 5.73 Å². The second kappa shape index (κ2) is 9.09. The van der Waals surface area contributed by atoms with Crippen LogP contribution in [0.1, 0.15) is 36.7 Å². The third-order valence-corrected chi connectivity index (χ3v) is 5.50. The van der Waals surface area contributed by atoms with Gasteiger partial charge in [0, 0.05) is 5.69 Å². The average molecular weight is 434 g/mol. The fourth-order valence-electron chi connectivity index (χ4n) is 2.88. The van der Waals surface area contributed by atoms with Crippen LogP contribution in [-0.4, -0.2) is 35.2 Å². The molecule has 3 N–H and O–H groups in total. The topological polar surface area (TPSA) is 120 Å². The molecule has 4 aromatic rings. The number of nitrogen functional groups attached to an aromatic ring is 1. The van der Waals surface area contributed by atoms with Crippen molar-refractivity contribution in [2.45, 2.75) is 37.6 Å². The number of benzene rings is 2. The van der Waals surface area contributed by atoms with E-state index >= 15 is 0 Å². The summed E-state index contributed by atoms with van der Waals surface area (Å²) < 4.78 is 1.70. The highest BCUT2D eigenvalue weighted by molar-refractivity contribution is 7.98. The lowest BCUT2D eigenvalue weighted by molar-refractivity contribution is 0.754. The number of rotatable bonds is 7. The number of tetrazole rings is 1. The maximum absolute atomic E-state index is 5.89. The first-order valence-corrected chi connectivity index (χ1v) is 10.8. The summed E-state index contributed by atoms with van der Waals surface area (Å²) in [6, 6.07) is 16.2. The molecule has 0 fully saturated rings. The van der Waals surface area contributed by atoms with E-state index in [0.717, 1.165) is 11.4 Å². The molecule has 0 aliphatic rings. The zero-order chi connectivity index (χ0) is 21.8. The molecule has 158 valence electrons. The molecule has 0 saturated heterocycles. The van der Waals surface area contributed by atoms with Gasteiger partial charge >= 0.3 is 0 Å². The number of anilines is 3. The summed E-state index contributed by atoms with van der Waals surface area (Å²) in [5.41, 5.74) is 10.1. The number of hydrogen-bond acceptors (Lipinski definition) is 9. The molecule has 0 bridgehead atoms. The van der Waals surface area contributed by atoms with E-state index in [2.05, 4.69) is 61.8 Å². The van der Waals surface area contributed by atoms with Gasteiger partial charge in [-0.1, -0.05) is 55.4 Å². The van der Waals surface area contributed by atoms with E-state index in [-0.39, 0.29) is 5.95 Å². The molecule has 2 aromatic carbocycles. The minimum Gasteiger partial charge on any atom is -0.368 e. The van der Waals surface area contributed by atoms with Crippen LogP contribution in [0.2, 0.25) is 0 Å². The quantitative estimate of drug-likeness (QED) is 0.418. The van der Waals surface area contributed by atoms with Crippen LogP contribution in [0.25, 0.3) is 5.69 Å². The highest BCUT2D eigenvalue weighted by atomic mass is 32.2. The summed E-state index contributed by atoms with van der Waals surface area (Å²) in [5.74, 6) is 2.00. The van der Waals surface area contributed by atoms with Gasteiger partial charge in [-0.3, -0.25) is 0 Å². The van der Waals surface area contributed by atoms with Gasteiger partial charge in [0.2, 0.25) is 17.1 Å². The van der Waals surface area contributed by atoms with E-state index in [1.54, 1.807) is 4.68 Å². The Morgan fingerprint density at radius 1 is 1.00 bits per heavy atom. The molecule has 10 heteroatoms. The van der Waals surface area contributed by atoms with Gasteiger partial charge in [0.05, 0.1) is 11.4 Å². The molecule has 0 amide bonds. The predicted molar refractivity (Wildman–Crippen MR) is 122 cm³/mol. The molecular weight excluding hydrogens is 410 g/mol. The molecule has 31 heavy (non-hydrogen) atoms. The van der Waals surface area contributed by atoms with Crippen molar-refractivity contribution in [2.24, 2.45) is 0 Å². The van der Waals surface area contributed by atoms with E-state index in [1.807, 2.05) is 43.3 Å². The number of nitrogens with one attached hydrogen (secondary N) is 1. The number of thioether (sulfide) groups is 1. The normalized spacial score (nSPS) is 11.1. The fraction of sp³-hybridized carbons (Fsp3) is 0.238. The average Bonchev–Trinajstić information content (AvgIpc) is 3.22. The molecule has 0 aliphatic heterocycles. The molecule has 0 unspecified atom stereocenters.